The molecule has 0 fully saturated rings. The number of carboxylic acids is 1. The number of carbonyl (C=O) groups is 4. The Labute approximate surface area is 198 Å². The van der Waals surface area contributed by atoms with Crippen LogP contribution in [-0.4, -0.2) is 82.4 Å². The van der Waals surface area contributed by atoms with Gasteiger partial charge in [-0.3, -0.25) is 19.4 Å². The highest BCUT2D eigenvalue weighted by Crippen LogP contribution is 2.10. The zero-order chi connectivity index (χ0) is 25.7. The second kappa shape index (κ2) is 15.3. The second-order valence-electron chi connectivity index (χ2n) is 7.74. The third kappa shape index (κ3) is 11.2. The lowest BCUT2D eigenvalue weighted by Crippen LogP contribution is -2.60. The summed E-state index contributed by atoms with van der Waals surface area (Å²) in [5.74, 6) is -3.98. The summed E-state index contributed by atoms with van der Waals surface area (Å²) < 4.78 is 0. The summed E-state index contributed by atoms with van der Waals surface area (Å²) in [4.78, 5) is 53.1. The van der Waals surface area contributed by atoms with Crippen LogP contribution in [0.4, 0.5) is 0 Å². The molecule has 0 aromatic carbocycles. The lowest BCUT2D eigenvalue weighted by atomic mass is 9.98. The number of thiol groups is 1. The van der Waals surface area contributed by atoms with E-state index in [9.17, 15) is 29.4 Å². The first-order chi connectivity index (χ1) is 15.3. The van der Waals surface area contributed by atoms with Gasteiger partial charge in [0.2, 0.25) is 17.7 Å². The number of carboxylic acid groups (broad SMARTS) is 1. The molecule has 13 nitrogen and oxygen atoms in total. The van der Waals surface area contributed by atoms with Gasteiger partial charge in [-0.25, -0.2) is 4.79 Å². The van der Waals surface area contributed by atoms with E-state index >= 15 is 0 Å². The third-order valence-corrected chi connectivity index (χ3v) is 5.34. The first kappa shape index (κ1) is 30.4. The highest BCUT2D eigenvalue weighted by Gasteiger charge is 2.33. The second-order valence-corrected chi connectivity index (χ2v) is 8.10. The number of aliphatic imine (C=N–C) groups is 1. The van der Waals surface area contributed by atoms with Crippen molar-refractivity contribution >= 4 is 42.3 Å². The number of hydrogen-bond donors (Lipinski definition) is 9. The summed E-state index contributed by atoms with van der Waals surface area (Å²) in [6.07, 6.45) is -0.454. The molecule has 6 atom stereocenters. The maximum absolute atomic E-state index is 12.9. The highest BCUT2D eigenvalue weighted by molar-refractivity contribution is 7.80. The summed E-state index contributed by atoms with van der Waals surface area (Å²) >= 11 is 3.92. The van der Waals surface area contributed by atoms with Gasteiger partial charge in [-0.2, -0.15) is 12.6 Å². The molecule has 33 heavy (non-hydrogen) atoms. The molecule has 0 heterocycles. The Bertz CT molecular complexity index is 702. The van der Waals surface area contributed by atoms with Gasteiger partial charge in [0, 0.05) is 12.3 Å². The molecular formula is C19H37N7O6S. The maximum atomic E-state index is 12.9. The van der Waals surface area contributed by atoms with Crippen LogP contribution >= 0.6 is 12.6 Å². The Morgan fingerprint density at radius 2 is 1.58 bits per heavy atom. The summed E-state index contributed by atoms with van der Waals surface area (Å²) in [6, 6.07) is -4.75. The third-order valence-electron chi connectivity index (χ3n) is 4.95. The normalized spacial score (nSPS) is 16.3. The number of nitrogens with zero attached hydrogens (tertiary/aromatic N) is 1. The van der Waals surface area contributed by atoms with E-state index in [4.69, 9.17) is 17.2 Å². The molecule has 0 bridgehead atoms. The highest BCUT2D eigenvalue weighted by atomic mass is 32.1. The van der Waals surface area contributed by atoms with E-state index < -0.39 is 54.0 Å². The molecule has 190 valence electrons. The van der Waals surface area contributed by atoms with E-state index in [0.717, 1.165) is 0 Å². The van der Waals surface area contributed by atoms with Crippen LogP contribution in [0.15, 0.2) is 4.99 Å². The van der Waals surface area contributed by atoms with E-state index in [1.165, 1.54) is 6.92 Å². The van der Waals surface area contributed by atoms with Crippen LogP contribution in [-0.2, 0) is 19.2 Å². The van der Waals surface area contributed by atoms with Crippen molar-refractivity contribution in [2.75, 3.05) is 12.3 Å². The molecule has 0 aliphatic heterocycles. The summed E-state index contributed by atoms with van der Waals surface area (Å²) in [5.41, 5.74) is 16.2. The minimum Gasteiger partial charge on any atom is -0.480 e. The monoisotopic (exact) mass is 491 g/mol. The molecule has 0 aromatic heterocycles. The van der Waals surface area contributed by atoms with Gasteiger partial charge < -0.3 is 43.4 Å². The molecule has 6 unspecified atom stereocenters. The number of aliphatic hydroxyl groups excluding tert-OH is 1. The molecule has 0 aliphatic carbocycles. The van der Waals surface area contributed by atoms with Crippen LogP contribution in [0.25, 0.3) is 0 Å². The van der Waals surface area contributed by atoms with Crippen LogP contribution < -0.4 is 33.2 Å². The van der Waals surface area contributed by atoms with Crippen molar-refractivity contribution in [1.82, 2.24) is 16.0 Å². The van der Waals surface area contributed by atoms with E-state index in [0.29, 0.717) is 6.42 Å². The van der Waals surface area contributed by atoms with Crippen molar-refractivity contribution in [3.8, 4) is 0 Å². The molecule has 0 saturated heterocycles. The lowest BCUT2D eigenvalue weighted by Gasteiger charge is -2.27. The molecule has 0 rings (SSSR count). The van der Waals surface area contributed by atoms with E-state index in [-0.39, 0.29) is 37.0 Å². The number of aliphatic carboxylic acids is 1. The summed E-state index contributed by atoms with van der Waals surface area (Å²) in [7, 11) is 0. The van der Waals surface area contributed by atoms with E-state index in [1.807, 2.05) is 0 Å². The van der Waals surface area contributed by atoms with Crippen molar-refractivity contribution in [3.63, 3.8) is 0 Å². The Balaban J connectivity index is 5.57. The van der Waals surface area contributed by atoms with Crippen molar-refractivity contribution in [2.45, 2.75) is 70.3 Å². The van der Waals surface area contributed by atoms with Crippen LogP contribution in [0.3, 0.4) is 0 Å². The largest absolute Gasteiger partial charge is 0.480 e. The molecule has 0 radical (unpaired) electrons. The molecule has 0 aliphatic rings. The fourth-order valence-corrected chi connectivity index (χ4v) is 2.89. The smallest absolute Gasteiger partial charge is 0.326 e. The standard InChI is InChI=1S/C19H37N7O6S/c1-4-9(2)13(18(31)32)25-16(29)12(6-5-7-23-19(21)22)24-17(30)14(10(3)27)26-15(28)11(20)8-33/h9-14,27,33H,4-8,20H2,1-3H3,(H,24,30)(H,25,29)(H,26,28)(H,31,32)(H4,21,22,23). The van der Waals surface area contributed by atoms with Crippen LogP contribution in [0.1, 0.15) is 40.0 Å². The predicted molar refractivity (Wildman–Crippen MR) is 126 cm³/mol. The van der Waals surface area contributed by atoms with Crippen LogP contribution in [0.2, 0.25) is 0 Å². The number of guanidine groups is 1. The molecule has 3 amide bonds. The van der Waals surface area contributed by atoms with Gasteiger partial charge in [0.1, 0.15) is 18.1 Å². The molecule has 14 heteroatoms. The first-order valence-corrected chi connectivity index (χ1v) is 11.2. The number of carbonyl (C=O) groups excluding carboxylic acids is 3. The Morgan fingerprint density at radius 3 is 2.03 bits per heavy atom. The fourth-order valence-electron chi connectivity index (χ4n) is 2.72. The number of rotatable bonds is 15. The van der Waals surface area contributed by atoms with Gasteiger partial charge in [0.05, 0.1) is 12.1 Å². The zero-order valence-electron chi connectivity index (χ0n) is 19.2. The molecule has 0 saturated carbocycles. The SMILES string of the molecule is CCC(C)C(NC(=O)C(CCCN=C(N)N)NC(=O)C(NC(=O)C(N)CS)C(C)O)C(=O)O. The van der Waals surface area contributed by atoms with Crippen molar-refractivity contribution in [1.29, 1.82) is 0 Å². The number of hydrogen-bond acceptors (Lipinski definition) is 8. The average molecular weight is 492 g/mol. The number of amides is 3. The minimum absolute atomic E-state index is 0.0159. The van der Waals surface area contributed by atoms with Gasteiger partial charge in [0.15, 0.2) is 5.96 Å². The minimum atomic E-state index is -1.40. The maximum Gasteiger partial charge on any atom is 0.326 e. The van der Waals surface area contributed by atoms with Gasteiger partial charge in [0.25, 0.3) is 0 Å². The quantitative estimate of drug-likeness (QED) is 0.0499. The Kier molecular flexibility index (Phi) is 14.1. The number of aliphatic hydroxyl groups is 1. The van der Waals surface area contributed by atoms with Gasteiger partial charge in [-0.05, 0) is 25.7 Å². The molecule has 0 aromatic rings. The summed E-state index contributed by atoms with van der Waals surface area (Å²) in [5, 5.41) is 26.7. The fraction of sp³-hybridized carbons (Fsp3) is 0.737. The van der Waals surface area contributed by atoms with E-state index in [1.54, 1.807) is 13.8 Å². The van der Waals surface area contributed by atoms with Gasteiger partial charge in [-0.1, -0.05) is 20.3 Å². The lowest BCUT2D eigenvalue weighted by molar-refractivity contribution is -0.144. The van der Waals surface area contributed by atoms with Gasteiger partial charge >= 0.3 is 5.97 Å². The van der Waals surface area contributed by atoms with Crippen LogP contribution in [0, 0.1) is 5.92 Å². The average Bonchev–Trinajstić information content (AvgIpc) is 2.75. The zero-order valence-corrected chi connectivity index (χ0v) is 20.0. The van der Waals surface area contributed by atoms with Gasteiger partial charge in [-0.15, -0.1) is 0 Å². The molecule has 0 spiro atoms. The topological polar surface area (TPSA) is 235 Å². The molecular weight excluding hydrogens is 454 g/mol. The van der Waals surface area contributed by atoms with Crippen molar-refractivity contribution in [3.05, 3.63) is 0 Å². The number of nitrogens with one attached hydrogen (secondary N) is 3. The van der Waals surface area contributed by atoms with Crippen molar-refractivity contribution < 1.29 is 29.4 Å². The predicted octanol–water partition coefficient (Wildman–Crippen LogP) is -2.74. The Hall–Kier alpha value is -2.58. The van der Waals surface area contributed by atoms with Crippen LogP contribution in [0.5, 0.6) is 0 Å². The Morgan fingerprint density at radius 1 is 1.00 bits per heavy atom. The first-order valence-electron chi connectivity index (χ1n) is 10.6. The van der Waals surface area contributed by atoms with E-state index in [2.05, 4.69) is 33.6 Å². The summed E-state index contributed by atoms with van der Waals surface area (Å²) in [6.45, 7) is 4.92. The number of nitrogens with two attached hydrogens (primary N) is 3. The molecule has 11 N–H and O–H groups in total. The van der Waals surface area contributed by atoms with Crippen molar-refractivity contribution in [2.24, 2.45) is 28.1 Å².